The molecule has 2 rings (SSSR count). The maximum absolute atomic E-state index is 12.7. The summed E-state index contributed by atoms with van der Waals surface area (Å²) >= 11 is 1.70. The van der Waals surface area contributed by atoms with Crippen molar-refractivity contribution in [3.63, 3.8) is 0 Å². The van der Waals surface area contributed by atoms with Gasteiger partial charge in [-0.2, -0.15) is 11.8 Å². The SMILES string of the molecule is CC(=O)N1CCCC(C(=O)N2CCSCC2CC(=O)O)C1. The molecule has 2 aliphatic heterocycles. The van der Waals surface area contributed by atoms with Crippen molar-refractivity contribution in [2.45, 2.75) is 32.2 Å². The molecule has 0 aromatic rings. The van der Waals surface area contributed by atoms with Crippen molar-refractivity contribution in [2.24, 2.45) is 5.92 Å². The van der Waals surface area contributed by atoms with Crippen LogP contribution in [0.5, 0.6) is 0 Å². The van der Waals surface area contributed by atoms with Gasteiger partial charge in [-0.3, -0.25) is 14.4 Å². The summed E-state index contributed by atoms with van der Waals surface area (Å²) in [5, 5.41) is 8.99. The van der Waals surface area contributed by atoms with E-state index in [1.807, 2.05) is 0 Å². The molecule has 118 valence electrons. The van der Waals surface area contributed by atoms with E-state index in [0.717, 1.165) is 18.6 Å². The largest absolute Gasteiger partial charge is 0.481 e. The highest BCUT2D eigenvalue weighted by Gasteiger charge is 2.35. The zero-order valence-electron chi connectivity index (χ0n) is 12.3. The van der Waals surface area contributed by atoms with Crippen molar-refractivity contribution in [2.75, 3.05) is 31.1 Å². The lowest BCUT2D eigenvalue weighted by molar-refractivity contribution is -0.143. The van der Waals surface area contributed by atoms with E-state index < -0.39 is 5.97 Å². The number of carbonyl (C=O) groups excluding carboxylic acids is 2. The number of aliphatic carboxylic acids is 1. The molecule has 0 aromatic carbocycles. The first-order valence-electron chi connectivity index (χ1n) is 7.34. The molecule has 0 spiro atoms. The first kappa shape index (κ1) is 16.1. The highest BCUT2D eigenvalue weighted by molar-refractivity contribution is 7.99. The Morgan fingerprint density at radius 3 is 2.71 bits per heavy atom. The zero-order chi connectivity index (χ0) is 15.4. The Balaban J connectivity index is 2.02. The average molecular weight is 314 g/mol. The zero-order valence-corrected chi connectivity index (χ0v) is 13.1. The van der Waals surface area contributed by atoms with E-state index in [-0.39, 0.29) is 30.2 Å². The summed E-state index contributed by atoms with van der Waals surface area (Å²) in [5.74, 6) is 0.513. The summed E-state index contributed by atoms with van der Waals surface area (Å²) in [5.41, 5.74) is 0. The Labute approximate surface area is 128 Å². The second kappa shape index (κ2) is 7.15. The first-order chi connectivity index (χ1) is 9.99. The van der Waals surface area contributed by atoms with E-state index in [1.54, 1.807) is 21.6 Å². The third-order valence-corrected chi connectivity index (χ3v) is 5.23. The molecular weight excluding hydrogens is 292 g/mol. The van der Waals surface area contributed by atoms with Crippen molar-refractivity contribution in [1.82, 2.24) is 9.80 Å². The number of hydrogen-bond donors (Lipinski definition) is 1. The predicted molar refractivity (Wildman–Crippen MR) is 80.1 cm³/mol. The topological polar surface area (TPSA) is 77.9 Å². The van der Waals surface area contributed by atoms with Crippen LogP contribution in [0.2, 0.25) is 0 Å². The molecule has 2 heterocycles. The van der Waals surface area contributed by atoms with Gasteiger partial charge in [0.2, 0.25) is 11.8 Å². The van der Waals surface area contributed by atoms with Gasteiger partial charge >= 0.3 is 5.97 Å². The molecular formula is C14H22N2O4S. The quantitative estimate of drug-likeness (QED) is 0.828. The molecule has 2 atom stereocenters. The van der Waals surface area contributed by atoms with Gasteiger partial charge in [-0.15, -0.1) is 0 Å². The Hall–Kier alpha value is -1.24. The number of thioether (sulfide) groups is 1. The van der Waals surface area contributed by atoms with Crippen LogP contribution in [0.25, 0.3) is 0 Å². The monoisotopic (exact) mass is 314 g/mol. The third kappa shape index (κ3) is 4.12. The van der Waals surface area contributed by atoms with E-state index in [9.17, 15) is 14.4 Å². The summed E-state index contributed by atoms with van der Waals surface area (Å²) in [6.45, 7) is 3.32. The molecule has 21 heavy (non-hydrogen) atoms. The molecule has 2 fully saturated rings. The number of piperidine rings is 1. The smallest absolute Gasteiger partial charge is 0.305 e. The van der Waals surface area contributed by atoms with Crippen molar-refractivity contribution in [3.8, 4) is 0 Å². The van der Waals surface area contributed by atoms with Crippen LogP contribution in [0.15, 0.2) is 0 Å². The molecule has 0 bridgehead atoms. The minimum Gasteiger partial charge on any atom is -0.481 e. The average Bonchev–Trinajstić information content (AvgIpc) is 2.46. The fraction of sp³-hybridized carbons (Fsp3) is 0.786. The minimum absolute atomic E-state index is 0.00187. The molecule has 0 saturated carbocycles. The van der Waals surface area contributed by atoms with Gasteiger partial charge < -0.3 is 14.9 Å². The molecule has 6 nitrogen and oxygen atoms in total. The highest BCUT2D eigenvalue weighted by atomic mass is 32.2. The van der Waals surface area contributed by atoms with E-state index >= 15 is 0 Å². The Bertz CT molecular complexity index is 429. The summed E-state index contributed by atoms with van der Waals surface area (Å²) < 4.78 is 0. The Kier molecular flexibility index (Phi) is 5.50. The van der Waals surface area contributed by atoms with Crippen molar-refractivity contribution >= 4 is 29.5 Å². The highest BCUT2D eigenvalue weighted by Crippen LogP contribution is 2.25. The third-order valence-electron chi connectivity index (χ3n) is 4.14. The normalized spacial score (nSPS) is 26.5. The number of rotatable bonds is 3. The minimum atomic E-state index is -0.866. The van der Waals surface area contributed by atoms with Gasteiger partial charge in [-0.25, -0.2) is 0 Å². The van der Waals surface area contributed by atoms with Gasteiger partial charge in [-0.05, 0) is 12.8 Å². The molecule has 0 radical (unpaired) electrons. The van der Waals surface area contributed by atoms with Crippen LogP contribution in [-0.4, -0.2) is 69.9 Å². The molecule has 2 saturated heterocycles. The number of carboxylic acid groups (broad SMARTS) is 1. The first-order valence-corrected chi connectivity index (χ1v) is 8.50. The fourth-order valence-corrected chi connectivity index (χ4v) is 4.08. The molecule has 1 N–H and O–H groups in total. The van der Waals surface area contributed by atoms with Gasteiger partial charge in [0.05, 0.1) is 18.4 Å². The molecule has 0 aliphatic carbocycles. The second-order valence-electron chi connectivity index (χ2n) is 5.66. The number of likely N-dealkylation sites (tertiary alicyclic amines) is 1. The second-order valence-corrected chi connectivity index (χ2v) is 6.81. The molecule has 2 unspecified atom stereocenters. The van der Waals surface area contributed by atoms with Crippen LogP contribution in [0.4, 0.5) is 0 Å². The molecule has 0 aromatic heterocycles. The van der Waals surface area contributed by atoms with Crippen LogP contribution < -0.4 is 0 Å². The lowest BCUT2D eigenvalue weighted by atomic mass is 9.95. The van der Waals surface area contributed by atoms with Crippen LogP contribution >= 0.6 is 11.8 Å². The number of hydrogen-bond acceptors (Lipinski definition) is 4. The van der Waals surface area contributed by atoms with Gasteiger partial charge in [0, 0.05) is 38.1 Å². The number of nitrogens with zero attached hydrogens (tertiary/aromatic N) is 2. The van der Waals surface area contributed by atoms with Crippen molar-refractivity contribution in [3.05, 3.63) is 0 Å². The Morgan fingerprint density at radius 1 is 1.29 bits per heavy atom. The van der Waals surface area contributed by atoms with E-state index in [1.165, 1.54) is 6.92 Å². The molecule has 7 heteroatoms. The lowest BCUT2D eigenvalue weighted by Crippen LogP contribution is -2.52. The van der Waals surface area contributed by atoms with Gasteiger partial charge in [-0.1, -0.05) is 0 Å². The fourth-order valence-electron chi connectivity index (χ4n) is 3.01. The lowest BCUT2D eigenvalue weighted by Gasteiger charge is -2.39. The standard InChI is InChI=1S/C14H22N2O4S/c1-10(17)15-4-2-3-11(8-15)14(20)16-5-6-21-9-12(16)7-13(18)19/h11-12H,2-9H2,1H3,(H,18,19). The van der Waals surface area contributed by atoms with Crippen LogP contribution in [0, 0.1) is 5.92 Å². The van der Waals surface area contributed by atoms with Crippen LogP contribution in [0.3, 0.4) is 0 Å². The molecule has 2 amide bonds. The van der Waals surface area contributed by atoms with Gasteiger partial charge in [0.25, 0.3) is 0 Å². The van der Waals surface area contributed by atoms with Crippen LogP contribution in [-0.2, 0) is 14.4 Å². The Morgan fingerprint density at radius 2 is 2.05 bits per heavy atom. The van der Waals surface area contributed by atoms with E-state index in [0.29, 0.717) is 25.4 Å². The summed E-state index contributed by atoms with van der Waals surface area (Å²) in [7, 11) is 0. The number of carbonyl (C=O) groups is 3. The van der Waals surface area contributed by atoms with Gasteiger partial charge in [0.15, 0.2) is 0 Å². The molecule has 2 aliphatic rings. The maximum Gasteiger partial charge on any atom is 0.305 e. The summed E-state index contributed by atoms with van der Waals surface area (Å²) in [6.07, 6.45) is 1.62. The van der Waals surface area contributed by atoms with E-state index in [2.05, 4.69) is 0 Å². The van der Waals surface area contributed by atoms with Gasteiger partial charge in [0.1, 0.15) is 0 Å². The summed E-state index contributed by atoms with van der Waals surface area (Å²) in [6, 6.07) is -0.221. The maximum atomic E-state index is 12.7. The predicted octanol–water partition coefficient (Wildman–Crippen LogP) is 0.664. The number of amides is 2. The summed E-state index contributed by atoms with van der Waals surface area (Å²) in [4.78, 5) is 38.6. The van der Waals surface area contributed by atoms with Crippen molar-refractivity contribution < 1.29 is 19.5 Å². The number of carboxylic acids is 1. The van der Waals surface area contributed by atoms with Crippen molar-refractivity contribution in [1.29, 1.82) is 0 Å². The van der Waals surface area contributed by atoms with Crippen LogP contribution in [0.1, 0.15) is 26.2 Å². The van der Waals surface area contributed by atoms with E-state index in [4.69, 9.17) is 5.11 Å².